The lowest BCUT2D eigenvalue weighted by Crippen LogP contribution is -2.02. The predicted octanol–water partition coefficient (Wildman–Crippen LogP) is 2.41. The van der Waals surface area contributed by atoms with E-state index in [4.69, 9.17) is 15.2 Å². The van der Waals surface area contributed by atoms with E-state index in [-0.39, 0.29) is 18.0 Å². The Labute approximate surface area is 115 Å². The Kier molecular flexibility index (Phi) is 3.04. The summed E-state index contributed by atoms with van der Waals surface area (Å²) >= 11 is 0. The van der Waals surface area contributed by atoms with E-state index in [1.54, 1.807) is 0 Å². The van der Waals surface area contributed by atoms with Crippen LogP contribution < -0.4 is 15.2 Å². The SMILES string of the molecule is COc1nc(N)nc(Oc2ccc3ccccc3c2)n1. The van der Waals surface area contributed by atoms with Gasteiger partial charge in [-0.1, -0.05) is 30.3 Å². The molecule has 3 aromatic rings. The molecule has 0 aliphatic heterocycles. The number of fused-ring (bicyclic) bond motifs is 1. The number of rotatable bonds is 3. The lowest BCUT2D eigenvalue weighted by Gasteiger charge is -2.06. The largest absolute Gasteiger partial charge is 0.467 e. The Bertz CT molecular complexity index is 761. The van der Waals surface area contributed by atoms with Gasteiger partial charge in [-0.3, -0.25) is 0 Å². The minimum atomic E-state index is 0.0487. The highest BCUT2D eigenvalue weighted by Gasteiger charge is 2.07. The van der Waals surface area contributed by atoms with Crippen LogP contribution in [0.5, 0.6) is 17.8 Å². The smallest absolute Gasteiger partial charge is 0.330 e. The Morgan fingerprint density at radius 3 is 2.45 bits per heavy atom. The number of benzene rings is 2. The van der Waals surface area contributed by atoms with Gasteiger partial charge in [0.25, 0.3) is 0 Å². The fraction of sp³-hybridized carbons (Fsp3) is 0.0714. The van der Waals surface area contributed by atoms with Crippen LogP contribution in [0.3, 0.4) is 0 Å². The Morgan fingerprint density at radius 2 is 1.65 bits per heavy atom. The fourth-order valence-electron chi connectivity index (χ4n) is 1.83. The molecule has 1 heterocycles. The van der Waals surface area contributed by atoms with Crippen molar-refractivity contribution >= 4 is 16.7 Å². The van der Waals surface area contributed by atoms with Gasteiger partial charge in [-0.25, -0.2) is 0 Å². The maximum absolute atomic E-state index is 5.59. The van der Waals surface area contributed by atoms with Crippen LogP contribution in [0.4, 0.5) is 5.95 Å². The number of nitrogens with two attached hydrogens (primary N) is 1. The van der Waals surface area contributed by atoms with E-state index in [0.29, 0.717) is 5.75 Å². The second kappa shape index (κ2) is 5.00. The lowest BCUT2D eigenvalue weighted by atomic mass is 10.1. The predicted molar refractivity (Wildman–Crippen MR) is 74.8 cm³/mol. The van der Waals surface area contributed by atoms with Gasteiger partial charge in [-0.2, -0.15) is 9.97 Å². The molecule has 0 bridgehead atoms. The summed E-state index contributed by atoms with van der Waals surface area (Å²) in [5, 5.41) is 2.20. The first-order valence-electron chi connectivity index (χ1n) is 5.97. The molecule has 0 unspecified atom stereocenters. The van der Waals surface area contributed by atoms with E-state index in [1.165, 1.54) is 7.11 Å². The fourth-order valence-corrected chi connectivity index (χ4v) is 1.83. The van der Waals surface area contributed by atoms with Crippen molar-refractivity contribution in [2.75, 3.05) is 12.8 Å². The van der Waals surface area contributed by atoms with Gasteiger partial charge in [0, 0.05) is 0 Å². The van der Waals surface area contributed by atoms with Gasteiger partial charge in [0.05, 0.1) is 7.11 Å². The minimum Gasteiger partial charge on any atom is -0.467 e. The number of nitrogen functional groups attached to an aromatic ring is 1. The van der Waals surface area contributed by atoms with Gasteiger partial charge in [0.15, 0.2) is 0 Å². The summed E-state index contributed by atoms with van der Waals surface area (Å²) in [7, 11) is 1.45. The van der Waals surface area contributed by atoms with Crippen molar-refractivity contribution in [3.05, 3.63) is 42.5 Å². The van der Waals surface area contributed by atoms with Gasteiger partial charge in [-0.15, -0.1) is 4.98 Å². The molecule has 0 spiro atoms. The number of hydrogen-bond acceptors (Lipinski definition) is 6. The van der Waals surface area contributed by atoms with Crippen molar-refractivity contribution < 1.29 is 9.47 Å². The number of anilines is 1. The van der Waals surface area contributed by atoms with Crippen LogP contribution in [0.25, 0.3) is 10.8 Å². The summed E-state index contributed by atoms with van der Waals surface area (Å²) < 4.78 is 10.5. The molecule has 6 heteroatoms. The van der Waals surface area contributed by atoms with E-state index in [2.05, 4.69) is 15.0 Å². The zero-order valence-electron chi connectivity index (χ0n) is 10.8. The average Bonchev–Trinajstić information content (AvgIpc) is 2.46. The van der Waals surface area contributed by atoms with Crippen LogP contribution in [0.15, 0.2) is 42.5 Å². The zero-order chi connectivity index (χ0) is 13.9. The summed E-state index contributed by atoms with van der Waals surface area (Å²) in [4.78, 5) is 11.7. The van der Waals surface area contributed by atoms with Crippen LogP contribution in [0.2, 0.25) is 0 Å². The highest BCUT2D eigenvalue weighted by molar-refractivity contribution is 5.83. The molecule has 100 valence electrons. The molecular formula is C14H12N4O2. The van der Waals surface area contributed by atoms with Gasteiger partial charge in [-0.05, 0) is 22.9 Å². The average molecular weight is 268 g/mol. The number of hydrogen-bond donors (Lipinski definition) is 1. The quantitative estimate of drug-likeness (QED) is 0.785. The third-order valence-corrected chi connectivity index (χ3v) is 2.72. The Hall–Kier alpha value is -2.89. The van der Waals surface area contributed by atoms with Gasteiger partial charge >= 0.3 is 12.0 Å². The molecule has 20 heavy (non-hydrogen) atoms. The summed E-state index contributed by atoms with van der Waals surface area (Å²) in [6.45, 7) is 0. The molecule has 0 atom stereocenters. The van der Waals surface area contributed by atoms with Crippen LogP contribution in [0, 0.1) is 0 Å². The van der Waals surface area contributed by atoms with Gasteiger partial charge in [0.1, 0.15) is 5.75 Å². The van der Waals surface area contributed by atoms with Crippen molar-refractivity contribution in [3.8, 4) is 17.8 Å². The first-order valence-corrected chi connectivity index (χ1v) is 5.97. The van der Waals surface area contributed by atoms with Crippen molar-refractivity contribution in [2.24, 2.45) is 0 Å². The monoisotopic (exact) mass is 268 g/mol. The lowest BCUT2D eigenvalue weighted by molar-refractivity contribution is 0.360. The van der Waals surface area contributed by atoms with Crippen molar-refractivity contribution in [3.63, 3.8) is 0 Å². The molecule has 2 aromatic carbocycles. The van der Waals surface area contributed by atoms with Crippen molar-refractivity contribution in [1.82, 2.24) is 15.0 Å². The highest BCUT2D eigenvalue weighted by atomic mass is 16.5. The number of nitrogens with zero attached hydrogens (tertiary/aromatic N) is 3. The van der Waals surface area contributed by atoms with Crippen molar-refractivity contribution in [1.29, 1.82) is 0 Å². The molecule has 3 rings (SSSR count). The molecule has 2 N–H and O–H groups in total. The Morgan fingerprint density at radius 1 is 0.900 bits per heavy atom. The van der Waals surface area contributed by atoms with Crippen LogP contribution >= 0.6 is 0 Å². The van der Waals surface area contributed by atoms with Crippen LogP contribution in [-0.4, -0.2) is 22.1 Å². The molecule has 0 saturated heterocycles. The summed E-state index contributed by atoms with van der Waals surface area (Å²) in [6.07, 6.45) is 0. The molecule has 1 aromatic heterocycles. The van der Waals surface area contributed by atoms with E-state index < -0.39 is 0 Å². The van der Waals surface area contributed by atoms with E-state index >= 15 is 0 Å². The molecule has 6 nitrogen and oxygen atoms in total. The number of ether oxygens (including phenoxy) is 2. The summed E-state index contributed by atoms with van der Waals surface area (Å²) in [5.41, 5.74) is 5.56. The van der Waals surface area contributed by atoms with Crippen LogP contribution in [0.1, 0.15) is 0 Å². The number of methoxy groups -OCH3 is 1. The molecule has 0 radical (unpaired) electrons. The maximum atomic E-state index is 5.59. The topological polar surface area (TPSA) is 83.2 Å². The van der Waals surface area contributed by atoms with E-state index in [0.717, 1.165) is 10.8 Å². The zero-order valence-corrected chi connectivity index (χ0v) is 10.8. The van der Waals surface area contributed by atoms with Gasteiger partial charge in [0.2, 0.25) is 5.95 Å². The standard InChI is InChI=1S/C14H12N4O2/c1-19-13-16-12(15)17-14(18-13)20-11-7-6-9-4-2-3-5-10(9)8-11/h2-8H,1H3,(H2,15,16,17,18). The first kappa shape index (κ1) is 12.2. The maximum Gasteiger partial charge on any atom is 0.330 e. The second-order valence-corrected chi connectivity index (χ2v) is 4.07. The van der Waals surface area contributed by atoms with E-state index in [1.807, 2.05) is 42.5 Å². The molecular weight excluding hydrogens is 256 g/mol. The molecule has 0 fully saturated rings. The Balaban J connectivity index is 1.94. The highest BCUT2D eigenvalue weighted by Crippen LogP contribution is 2.24. The molecule has 0 amide bonds. The summed E-state index contributed by atoms with van der Waals surface area (Å²) in [6, 6.07) is 13.9. The third kappa shape index (κ3) is 2.44. The summed E-state index contributed by atoms with van der Waals surface area (Å²) in [5.74, 6) is 0.670. The normalized spacial score (nSPS) is 10.4. The van der Waals surface area contributed by atoms with E-state index in [9.17, 15) is 0 Å². The second-order valence-electron chi connectivity index (χ2n) is 4.07. The van der Waals surface area contributed by atoms with Crippen molar-refractivity contribution in [2.45, 2.75) is 0 Å². The number of aromatic nitrogens is 3. The third-order valence-electron chi connectivity index (χ3n) is 2.72. The molecule has 0 aliphatic carbocycles. The minimum absolute atomic E-state index is 0.0487. The first-order chi connectivity index (χ1) is 9.74. The van der Waals surface area contributed by atoms with Gasteiger partial charge < -0.3 is 15.2 Å². The van der Waals surface area contributed by atoms with Crippen LogP contribution in [-0.2, 0) is 0 Å². The molecule has 0 saturated carbocycles. The molecule has 0 aliphatic rings.